The Kier molecular flexibility index (Phi) is 26.7. The minimum Gasteiger partial charge on any atom is -0.251 e. The number of benzene rings is 2. The number of nitrogens with zero attached hydrogens (tertiary/aromatic N) is 2. The Morgan fingerprint density at radius 3 is 1.21 bits per heavy atom. The minimum absolute atomic E-state index is 0.969. The zero-order valence-electron chi connectivity index (χ0n) is 30.9. The van der Waals surface area contributed by atoms with E-state index in [2.05, 4.69) is 86.7 Å². The van der Waals surface area contributed by atoms with Crippen LogP contribution < -0.4 is 0 Å². The van der Waals surface area contributed by atoms with Crippen molar-refractivity contribution < 1.29 is 0 Å². The van der Waals surface area contributed by atoms with Gasteiger partial charge in [-0.3, -0.25) is 4.99 Å². The number of allylic oxidation sites excluding steroid dienone is 2. The lowest BCUT2D eigenvalue weighted by Crippen LogP contribution is -2.12. The molecule has 0 unspecified atom stereocenters. The molecule has 0 spiro atoms. The van der Waals surface area contributed by atoms with E-state index in [9.17, 15) is 0 Å². The summed E-state index contributed by atoms with van der Waals surface area (Å²) >= 11 is 0. The maximum Gasteiger partial charge on any atom is 0.0848 e. The Labute approximate surface area is 292 Å². The number of unbranched alkanes of at least 4 members (excludes halogenated alkanes) is 24. The van der Waals surface area contributed by atoms with E-state index in [0.717, 1.165) is 42.1 Å². The molecule has 2 rings (SSSR count). The van der Waals surface area contributed by atoms with E-state index in [4.69, 9.17) is 9.98 Å². The Bertz CT molecular complexity index is 1040. The van der Waals surface area contributed by atoms with Gasteiger partial charge in [0.1, 0.15) is 0 Å². The standard InChI is InChI=1S/C45H72N2/c1-3-5-7-9-11-12-13-14-15-16-17-18-19-20-21-22-23-24-25-27-35-41-45(47-43-38-32-29-33-39-43)44(40-34-26-10-8-6-4-2)46-42-36-30-28-31-37-42/h28-33,35-39,41H,3-27,34,40H2,1-2H3. The fourth-order valence-electron chi connectivity index (χ4n) is 6.35. The van der Waals surface area contributed by atoms with Gasteiger partial charge in [-0.15, -0.1) is 0 Å². The van der Waals surface area contributed by atoms with E-state index >= 15 is 0 Å². The maximum absolute atomic E-state index is 5.13. The predicted octanol–water partition coefficient (Wildman–Crippen LogP) is 15.7. The second kappa shape index (κ2) is 30.8. The van der Waals surface area contributed by atoms with Crippen molar-refractivity contribution in [1.29, 1.82) is 0 Å². The van der Waals surface area contributed by atoms with Gasteiger partial charge in [0.15, 0.2) is 0 Å². The Hall–Kier alpha value is -2.48. The molecule has 0 atom stereocenters. The maximum atomic E-state index is 5.13. The summed E-state index contributed by atoms with van der Waals surface area (Å²) in [6.45, 7) is 4.58. The first-order valence-corrected chi connectivity index (χ1v) is 20.3. The molecule has 0 bridgehead atoms. The molecule has 2 aromatic carbocycles. The predicted molar refractivity (Wildman–Crippen MR) is 212 cm³/mol. The number of para-hydroxylation sites is 2. The Morgan fingerprint density at radius 2 is 0.787 bits per heavy atom. The summed E-state index contributed by atoms with van der Waals surface area (Å²) in [6.07, 6.45) is 41.4. The first-order valence-electron chi connectivity index (χ1n) is 20.3. The summed E-state index contributed by atoms with van der Waals surface area (Å²) in [4.78, 5) is 10.2. The average molecular weight is 641 g/mol. The van der Waals surface area contributed by atoms with Crippen molar-refractivity contribution in [2.45, 2.75) is 187 Å². The van der Waals surface area contributed by atoms with Gasteiger partial charge >= 0.3 is 0 Å². The molecular formula is C45H72N2. The monoisotopic (exact) mass is 641 g/mol. The summed E-state index contributed by atoms with van der Waals surface area (Å²) in [6, 6.07) is 20.8. The van der Waals surface area contributed by atoms with E-state index < -0.39 is 0 Å². The van der Waals surface area contributed by atoms with Crippen LogP contribution in [-0.2, 0) is 0 Å². The van der Waals surface area contributed by atoms with Crippen LogP contribution in [0.15, 0.2) is 82.8 Å². The molecule has 262 valence electrons. The molecule has 0 saturated carbocycles. The highest BCUT2D eigenvalue weighted by atomic mass is 14.8. The van der Waals surface area contributed by atoms with Crippen LogP contribution in [0.1, 0.15) is 187 Å². The molecule has 0 aliphatic carbocycles. The van der Waals surface area contributed by atoms with Gasteiger partial charge in [-0.25, -0.2) is 4.99 Å². The molecule has 0 N–H and O–H groups in total. The third kappa shape index (κ3) is 23.5. The van der Waals surface area contributed by atoms with E-state index in [1.807, 2.05) is 0 Å². The highest BCUT2D eigenvalue weighted by Crippen LogP contribution is 2.19. The van der Waals surface area contributed by atoms with Crippen LogP contribution in [0.2, 0.25) is 0 Å². The van der Waals surface area contributed by atoms with Gasteiger partial charge in [-0.1, -0.05) is 204 Å². The fourth-order valence-corrected chi connectivity index (χ4v) is 6.35. The lowest BCUT2D eigenvalue weighted by atomic mass is 10.0. The summed E-state index contributed by atoms with van der Waals surface area (Å²) in [5.74, 6) is 0. The first kappa shape index (κ1) is 40.7. The van der Waals surface area contributed by atoms with Crippen LogP contribution in [0, 0.1) is 0 Å². The second-order valence-electron chi connectivity index (χ2n) is 13.8. The van der Waals surface area contributed by atoms with E-state index in [1.165, 1.54) is 154 Å². The summed E-state index contributed by atoms with van der Waals surface area (Å²) in [5, 5.41) is 0. The minimum atomic E-state index is 0.969. The topological polar surface area (TPSA) is 24.7 Å². The Morgan fingerprint density at radius 1 is 0.426 bits per heavy atom. The number of aliphatic imine (C=N–C) groups is 2. The SMILES string of the molecule is CCCCCCCCCCCCCCCCCCCCCC=CC(=Nc1ccccc1)C(CCCCCCCC)=Nc1ccccc1. The second-order valence-corrected chi connectivity index (χ2v) is 13.8. The lowest BCUT2D eigenvalue weighted by Gasteiger charge is -2.09. The van der Waals surface area contributed by atoms with Crippen molar-refractivity contribution in [1.82, 2.24) is 0 Å². The summed E-state index contributed by atoms with van der Waals surface area (Å²) < 4.78 is 0. The highest BCUT2D eigenvalue weighted by molar-refractivity contribution is 6.47. The van der Waals surface area contributed by atoms with E-state index in [1.54, 1.807) is 0 Å². The molecule has 0 aromatic heterocycles. The summed E-state index contributed by atoms with van der Waals surface area (Å²) in [5.41, 5.74) is 4.15. The largest absolute Gasteiger partial charge is 0.251 e. The molecule has 0 aliphatic heterocycles. The smallest absolute Gasteiger partial charge is 0.0848 e. The van der Waals surface area contributed by atoms with Gasteiger partial charge in [0.05, 0.1) is 22.8 Å². The van der Waals surface area contributed by atoms with Crippen LogP contribution in [0.4, 0.5) is 11.4 Å². The van der Waals surface area contributed by atoms with Crippen molar-refractivity contribution in [2.75, 3.05) is 0 Å². The highest BCUT2D eigenvalue weighted by Gasteiger charge is 2.08. The van der Waals surface area contributed by atoms with Gasteiger partial charge in [0.25, 0.3) is 0 Å². The average Bonchev–Trinajstić information content (AvgIpc) is 3.10. The molecule has 0 amide bonds. The van der Waals surface area contributed by atoms with Crippen LogP contribution in [0.5, 0.6) is 0 Å². The molecule has 0 saturated heterocycles. The number of hydrogen-bond donors (Lipinski definition) is 0. The van der Waals surface area contributed by atoms with Crippen molar-refractivity contribution in [3.63, 3.8) is 0 Å². The fraction of sp³-hybridized carbons (Fsp3) is 0.644. The molecule has 0 heterocycles. The van der Waals surface area contributed by atoms with Crippen molar-refractivity contribution in [3.8, 4) is 0 Å². The van der Waals surface area contributed by atoms with Gasteiger partial charge in [-0.05, 0) is 56.0 Å². The number of rotatable bonds is 31. The Balaban J connectivity index is 1.67. The molecule has 2 heteroatoms. The van der Waals surface area contributed by atoms with Gasteiger partial charge in [0, 0.05) is 0 Å². The molecule has 2 nitrogen and oxygen atoms in total. The summed E-state index contributed by atoms with van der Waals surface area (Å²) in [7, 11) is 0. The third-order valence-corrected chi connectivity index (χ3v) is 9.34. The van der Waals surface area contributed by atoms with E-state index in [0.29, 0.717) is 0 Å². The van der Waals surface area contributed by atoms with Crippen LogP contribution in [0.25, 0.3) is 0 Å². The van der Waals surface area contributed by atoms with Gasteiger partial charge < -0.3 is 0 Å². The van der Waals surface area contributed by atoms with Gasteiger partial charge in [0.2, 0.25) is 0 Å². The quantitative estimate of drug-likeness (QED) is 0.0579. The zero-order chi connectivity index (χ0) is 33.3. The normalized spacial score (nSPS) is 12.4. The molecule has 2 aromatic rings. The molecule has 47 heavy (non-hydrogen) atoms. The first-order chi connectivity index (χ1) is 23.3. The molecule has 0 aliphatic rings. The molecule has 0 fully saturated rings. The van der Waals surface area contributed by atoms with Crippen molar-refractivity contribution in [2.24, 2.45) is 9.98 Å². The lowest BCUT2D eigenvalue weighted by molar-refractivity contribution is 0.523. The molecular weight excluding hydrogens is 569 g/mol. The number of hydrogen-bond acceptors (Lipinski definition) is 2. The van der Waals surface area contributed by atoms with Crippen molar-refractivity contribution >= 4 is 22.8 Å². The van der Waals surface area contributed by atoms with Gasteiger partial charge in [-0.2, -0.15) is 0 Å². The van der Waals surface area contributed by atoms with Crippen LogP contribution in [-0.4, -0.2) is 11.4 Å². The van der Waals surface area contributed by atoms with Crippen LogP contribution in [0.3, 0.4) is 0 Å². The third-order valence-electron chi connectivity index (χ3n) is 9.34. The molecule has 0 radical (unpaired) electrons. The van der Waals surface area contributed by atoms with Crippen molar-refractivity contribution in [3.05, 3.63) is 72.8 Å². The zero-order valence-corrected chi connectivity index (χ0v) is 30.9. The van der Waals surface area contributed by atoms with Crippen LogP contribution >= 0.6 is 0 Å². The van der Waals surface area contributed by atoms with E-state index in [-0.39, 0.29) is 0 Å².